The summed E-state index contributed by atoms with van der Waals surface area (Å²) in [5, 5.41) is 16.8. The van der Waals surface area contributed by atoms with Crippen LogP contribution in [0, 0.1) is 5.41 Å². The van der Waals surface area contributed by atoms with Crippen molar-refractivity contribution in [3.05, 3.63) is 77.2 Å². The number of rotatable bonds is 4. The van der Waals surface area contributed by atoms with Gasteiger partial charge < -0.3 is 21.3 Å². The van der Waals surface area contributed by atoms with Crippen molar-refractivity contribution in [1.29, 1.82) is 0 Å². The molecule has 6 heterocycles. The molecule has 0 radical (unpaired) electrons. The van der Waals surface area contributed by atoms with Crippen LogP contribution in [0.25, 0.3) is 44.6 Å². The third-order valence-electron chi connectivity index (χ3n) is 12.2. The van der Waals surface area contributed by atoms with Gasteiger partial charge in [-0.15, -0.1) is 0 Å². The molecule has 0 amide bonds. The van der Waals surface area contributed by atoms with Crippen LogP contribution in [0.5, 0.6) is 0 Å². The standard InChI is InChI=1S/C21H24Cl2N6O.C18H20Cl2N6O/c1-28-19(30)15-17(12-4-2-5-13(22)16(12)23)26-27-18(15)25-20(28)29-10-8-21(9-11-29)7-3-6-14(21)24;1-18(21)6-8-26(9-7-18)17-22-15-12(16(27)25(17)2)14(23-24-15)10-4-3-5-11(19)13(10)20/h2,4-5,14H,3,6-11,24H2,1H3,(H,26,27);3-5H,6-9,21H2,1-2H3,(H,23,24)/t14-;/m1./s1. The number of aromatic nitrogens is 8. The molecule has 1 aliphatic carbocycles. The van der Waals surface area contributed by atoms with Gasteiger partial charge in [0.1, 0.15) is 10.8 Å². The Kier molecular flexibility index (Phi) is 10.6. The van der Waals surface area contributed by atoms with Crippen molar-refractivity contribution in [1.82, 2.24) is 39.5 Å². The topological polar surface area (TPSA) is 186 Å². The van der Waals surface area contributed by atoms with Crippen molar-refractivity contribution >= 4 is 80.4 Å². The van der Waals surface area contributed by atoms with Crippen LogP contribution in [0.2, 0.25) is 20.1 Å². The number of nitrogens with two attached hydrogens (primary N) is 2. The molecule has 18 heteroatoms. The fourth-order valence-electron chi connectivity index (χ4n) is 8.59. The minimum atomic E-state index is -0.184. The molecule has 3 aliphatic rings. The van der Waals surface area contributed by atoms with Crippen LogP contribution in [0.3, 0.4) is 0 Å². The van der Waals surface area contributed by atoms with Crippen LogP contribution in [0.1, 0.15) is 51.9 Å². The molecule has 3 fully saturated rings. The average molecular weight is 855 g/mol. The molecular weight excluding hydrogens is 810 g/mol. The molecule has 1 atom stereocenters. The Labute approximate surface area is 348 Å². The van der Waals surface area contributed by atoms with Gasteiger partial charge in [0.05, 0.1) is 31.5 Å². The minimum Gasteiger partial charge on any atom is -0.342 e. The highest BCUT2D eigenvalue weighted by Crippen LogP contribution is 2.46. The van der Waals surface area contributed by atoms with Crippen LogP contribution in [0.15, 0.2) is 46.0 Å². The number of hydrogen-bond acceptors (Lipinski definition) is 10. The lowest BCUT2D eigenvalue weighted by Gasteiger charge is -2.42. The number of H-pyrrole nitrogens is 2. The van der Waals surface area contributed by atoms with E-state index in [1.54, 1.807) is 53.6 Å². The maximum atomic E-state index is 13.3. The number of piperidine rings is 2. The molecule has 300 valence electrons. The monoisotopic (exact) mass is 852 g/mol. The number of fused-ring (bicyclic) bond motifs is 2. The van der Waals surface area contributed by atoms with Gasteiger partial charge in [-0.05, 0) is 63.0 Å². The molecule has 0 bridgehead atoms. The highest BCUT2D eigenvalue weighted by Gasteiger charge is 2.43. The molecule has 9 rings (SSSR count). The molecule has 2 aliphatic heterocycles. The number of benzene rings is 2. The van der Waals surface area contributed by atoms with Gasteiger partial charge in [0.15, 0.2) is 11.3 Å². The molecule has 14 nitrogen and oxygen atoms in total. The van der Waals surface area contributed by atoms with Gasteiger partial charge in [-0.1, -0.05) is 77.1 Å². The van der Waals surface area contributed by atoms with Crippen molar-refractivity contribution in [2.75, 3.05) is 36.0 Å². The third-order valence-corrected chi connectivity index (χ3v) is 13.8. The van der Waals surface area contributed by atoms with Crippen molar-refractivity contribution < 1.29 is 0 Å². The van der Waals surface area contributed by atoms with Crippen molar-refractivity contribution in [3.8, 4) is 22.5 Å². The summed E-state index contributed by atoms with van der Waals surface area (Å²) in [6, 6.07) is 10.9. The van der Waals surface area contributed by atoms with Gasteiger partial charge in [-0.25, -0.2) is 0 Å². The van der Waals surface area contributed by atoms with Gasteiger partial charge >= 0.3 is 0 Å². The van der Waals surface area contributed by atoms with E-state index in [0.29, 0.717) is 76.6 Å². The summed E-state index contributed by atoms with van der Waals surface area (Å²) in [6.07, 6.45) is 7.28. The SMILES string of the molecule is Cn1c(N2CCC(C)(N)CC2)nc2n[nH]c(-c3cccc(Cl)c3Cl)c2c1=O.Cn1c(N2CCC3(CCC[C@H]3N)CC2)nc2n[nH]c(-c3cccc(Cl)c3Cl)c2c1=O. The Morgan fingerprint density at radius 2 is 1.14 bits per heavy atom. The maximum absolute atomic E-state index is 13.3. The summed E-state index contributed by atoms with van der Waals surface area (Å²) in [5.74, 6) is 1.24. The van der Waals surface area contributed by atoms with E-state index in [2.05, 4.69) is 42.1 Å². The maximum Gasteiger partial charge on any atom is 0.266 e. The average Bonchev–Trinajstić information content (AvgIpc) is 3.91. The zero-order valence-electron chi connectivity index (χ0n) is 31.9. The van der Waals surface area contributed by atoms with E-state index in [1.807, 2.05) is 6.07 Å². The van der Waals surface area contributed by atoms with Gasteiger partial charge in [0.25, 0.3) is 11.1 Å². The number of halogens is 4. The first-order valence-corrected chi connectivity index (χ1v) is 20.5. The van der Waals surface area contributed by atoms with Crippen LogP contribution in [-0.2, 0) is 14.1 Å². The summed E-state index contributed by atoms with van der Waals surface area (Å²) in [4.78, 5) is 40.0. The lowest BCUT2D eigenvalue weighted by Crippen LogP contribution is -2.49. The molecule has 4 aromatic heterocycles. The van der Waals surface area contributed by atoms with E-state index in [4.69, 9.17) is 62.9 Å². The molecule has 0 unspecified atom stereocenters. The van der Waals surface area contributed by atoms with Gasteiger partial charge in [-0.2, -0.15) is 20.2 Å². The lowest BCUT2D eigenvalue weighted by molar-refractivity contribution is 0.196. The largest absolute Gasteiger partial charge is 0.342 e. The molecule has 2 saturated heterocycles. The summed E-state index contributed by atoms with van der Waals surface area (Å²) >= 11 is 25.0. The van der Waals surface area contributed by atoms with Crippen molar-refractivity contribution in [2.24, 2.45) is 31.0 Å². The Morgan fingerprint density at radius 1 is 0.702 bits per heavy atom. The predicted molar refractivity (Wildman–Crippen MR) is 229 cm³/mol. The van der Waals surface area contributed by atoms with Crippen molar-refractivity contribution in [2.45, 2.75) is 63.5 Å². The summed E-state index contributed by atoms with van der Waals surface area (Å²) < 4.78 is 3.16. The number of nitrogens with one attached hydrogen (secondary N) is 2. The van der Waals surface area contributed by atoms with Crippen LogP contribution >= 0.6 is 46.4 Å². The Hall–Kier alpha value is -4.18. The smallest absolute Gasteiger partial charge is 0.266 e. The second-order valence-electron chi connectivity index (χ2n) is 15.8. The normalized spacial score (nSPS) is 19.1. The quantitative estimate of drug-likeness (QED) is 0.149. The summed E-state index contributed by atoms with van der Waals surface area (Å²) in [5.41, 5.74) is 15.4. The highest BCUT2D eigenvalue weighted by molar-refractivity contribution is 6.44. The van der Waals surface area contributed by atoms with Crippen LogP contribution in [0.4, 0.5) is 11.9 Å². The second-order valence-corrected chi connectivity index (χ2v) is 17.4. The molecule has 1 spiro atoms. The van der Waals surface area contributed by atoms with E-state index in [-0.39, 0.29) is 28.1 Å². The molecule has 6 aromatic rings. The fraction of sp³-hybridized carbons (Fsp3) is 0.436. The molecule has 2 aromatic carbocycles. The lowest BCUT2D eigenvalue weighted by atomic mass is 9.74. The first-order valence-electron chi connectivity index (χ1n) is 19.0. The third kappa shape index (κ3) is 7.08. The Morgan fingerprint density at radius 3 is 1.56 bits per heavy atom. The summed E-state index contributed by atoms with van der Waals surface area (Å²) in [7, 11) is 3.48. The van der Waals surface area contributed by atoms with E-state index >= 15 is 0 Å². The first-order chi connectivity index (χ1) is 27.2. The minimum absolute atomic E-state index is 0.160. The zero-order chi connectivity index (χ0) is 40.4. The Bertz CT molecular complexity index is 2610. The van der Waals surface area contributed by atoms with Crippen LogP contribution < -0.4 is 32.4 Å². The second kappa shape index (κ2) is 15.2. The van der Waals surface area contributed by atoms with E-state index in [0.717, 1.165) is 58.3 Å². The predicted octanol–water partition coefficient (Wildman–Crippen LogP) is 6.68. The van der Waals surface area contributed by atoms with Gasteiger partial charge in [-0.3, -0.25) is 28.9 Å². The number of aromatic amines is 2. The molecule has 57 heavy (non-hydrogen) atoms. The van der Waals surface area contributed by atoms with E-state index in [1.165, 1.54) is 12.8 Å². The molecule has 1 saturated carbocycles. The fourth-order valence-corrected chi connectivity index (χ4v) is 9.38. The first kappa shape index (κ1) is 39.6. The highest BCUT2D eigenvalue weighted by atomic mass is 35.5. The zero-order valence-corrected chi connectivity index (χ0v) is 34.9. The molecule has 6 N–H and O–H groups in total. The number of nitrogens with zero attached hydrogens (tertiary/aromatic N) is 8. The molecular formula is C39H44Cl4N12O2. The van der Waals surface area contributed by atoms with Gasteiger partial charge in [0, 0.05) is 63.0 Å². The van der Waals surface area contributed by atoms with Gasteiger partial charge in [0.2, 0.25) is 11.9 Å². The summed E-state index contributed by atoms with van der Waals surface area (Å²) in [6.45, 7) is 5.23. The van der Waals surface area contributed by atoms with Crippen LogP contribution in [-0.4, -0.2) is 77.3 Å². The van der Waals surface area contributed by atoms with Crippen molar-refractivity contribution in [3.63, 3.8) is 0 Å². The van der Waals surface area contributed by atoms with E-state index < -0.39 is 0 Å². The Balaban J connectivity index is 0.000000161. The van der Waals surface area contributed by atoms with E-state index in [9.17, 15) is 9.59 Å². The number of anilines is 2. The number of hydrogen-bond donors (Lipinski definition) is 4.